The number of amides is 1. The lowest BCUT2D eigenvalue weighted by Crippen LogP contribution is -2.38. The predicted molar refractivity (Wildman–Crippen MR) is 96.4 cm³/mol. The van der Waals surface area contributed by atoms with Crippen molar-refractivity contribution in [3.63, 3.8) is 0 Å². The van der Waals surface area contributed by atoms with Crippen molar-refractivity contribution in [1.29, 1.82) is 0 Å². The predicted octanol–water partition coefficient (Wildman–Crippen LogP) is 3.78. The molecule has 0 aliphatic carbocycles. The summed E-state index contributed by atoms with van der Waals surface area (Å²) in [7, 11) is 1.81. The number of benzene rings is 2. The molecular formula is C20H25NO3. The molecule has 4 nitrogen and oxygen atoms in total. The van der Waals surface area contributed by atoms with Crippen LogP contribution in [-0.4, -0.2) is 38.4 Å². The molecule has 1 fully saturated rings. The molecule has 3 rings (SSSR count). The van der Waals surface area contributed by atoms with Crippen LogP contribution in [0.1, 0.15) is 26.2 Å². The van der Waals surface area contributed by atoms with Crippen LogP contribution in [0.25, 0.3) is 10.8 Å². The molecule has 2 aromatic rings. The van der Waals surface area contributed by atoms with Crippen LogP contribution in [0.5, 0.6) is 0 Å². The highest BCUT2D eigenvalue weighted by molar-refractivity contribution is 6.04. The van der Waals surface area contributed by atoms with Crippen LogP contribution >= 0.6 is 0 Å². The molecule has 128 valence electrons. The van der Waals surface area contributed by atoms with Gasteiger partial charge in [-0.3, -0.25) is 4.79 Å². The Bertz CT molecular complexity index is 689. The number of carbonyl (C=O) groups is 1. The average Bonchev–Trinajstić information content (AvgIpc) is 2.65. The zero-order valence-corrected chi connectivity index (χ0v) is 14.4. The van der Waals surface area contributed by atoms with E-state index in [0.717, 1.165) is 35.9 Å². The molecule has 4 heteroatoms. The van der Waals surface area contributed by atoms with E-state index < -0.39 is 6.10 Å². The van der Waals surface area contributed by atoms with Crippen molar-refractivity contribution < 1.29 is 14.3 Å². The van der Waals surface area contributed by atoms with E-state index in [0.29, 0.717) is 6.61 Å². The Morgan fingerprint density at radius 1 is 1.25 bits per heavy atom. The Labute approximate surface area is 143 Å². The first-order valence-electron chi connectivity index (χ1n) is 8.65. The van der Waals surface area contributed by atoms with Gasteiger partial charge in [0.15, 0.2) is 0 Å². The number of hydrogen-bond donors (Lipinski definition) is 0. The second-order valence-electron chi connectivity index (χ2n) is 6.36. The molecule has 0 bridgehead atoms. The van der Waals surface area contributed by atoms with Crippen LogP contribution in [0.2, 0.25) is 0 Å². The third-order valence-electron chi connectivity index (χ3n) is 4.61. The van der Waals surface area contributed by atoms with E-state index >= 15 is 0 Å². The summed E-state index contributed by atoms with van der Waals surface area (Å²) in [5, 5.41) is 2.19. The van der Waals surface area contributed by atoms with Gasteiger partial charge in [-0.1, -0.05) is 36.4 Å². The molecule has 0 saturated carbocycles. The van der Waals surface area contributed by atoms with Gasteiger partial charge in [-0.15, -0.1) is 0 Å². The first-order chi connectivity index (χ1) is 11.7. The van der Waals surface area contributed by atoms with Crippen LogP contribution in [0.4, 0.5) is 5.69 Å². The summed E-state index contributed by atoms with van der Waals surface area (Å²) in [5.74, 6) is -0.0397. The standard InChI is InChI=1S/C20H25NO3/c1-15(24-14-17-10-5-6-13-23-17)20(22)21(2)19-12-7-9-16-8-3-4-11-18(16)19/h3-4,7-9,11-12,15,17H,5-6,10,13-14H2,1-2H3. The van der Waals surface area contributed by atoms with Crippen molar-refractivity contribution in [1.82, 2.24) is 0 Å². The van der Waals surface area contributed by atoms with Crippen LogP contribution < -0.4 is 4.90 Å². The summed E-state index contributed by atoms with van der Waals surface area (Å²) in [6.45, 7) is 3.09. The fourth-order valence-corrected chi connectivity index (χ4v) is 3.15. The maximum absolute atomic E-state index is 12.7. The fraction of sp³-hybridized carbons (Fsp3) is 0.450. The number of hydrogen-bond acceptors (Lipinski definition) is 3. The lowest BCUT2D eigenvalue weighted by atomic mass is 10.1. The highest BCUT2D eigenvalue weighted by atomic mass is 16.5. The van der Waals surface area contributed by atoms with Crippen LogP contribution in [0.3, 0.4) is 0 Å². The largest absolute Gasteiger partial charge is 0.376 e. The Morgan fingerprint density at radius 3 is 2.83 bits per heavy atom. The summed E-state index contributed by atoms with van der Waals surface area (Å²) >= 11 is 0. The quantitative estimate of drug-likeness (QED) is 0.839. The molecular weight excluding hydrogens is 302 g/mol. The average molecular weight is 327 g/mol. The first-order valence-corrected chi connectivity index (χ1v) is 8.65. The Hall–Kier alpha value is -1.91. The lowest BCUT2D eigenvalue weighted by molar-refractivity contribution is -0.132. The van der Waals surface area contributed by atoms with Crippen molar-refractivity contribution in [3.8, 4) is 0 Å². The van der Waals surface area contributed by atoms with Crippen molar-refractivity contribution in [3.05, 3.63) is 42.5 Å². The molecule has 1 aliphatic heterocycles. The van der Waals surface area contributed by atoms with Gasteiger partial charge in [0.25, 0.3) is 5.91 Å². The van der Waals surface area contributed by atoms with Gasteiger partial charge in [0, 0.05) is 19.0 Å². The van der Waals surface area contributed by atoms with Crippen molar-refractivity contribution in [2.45, 2.75) is 38.4 Å². The highest BCUT2D eigenvalue weighted by Gasteiger charge is 2.23. The summed E-state index contributed by atoms with van der Waals surface area (Å²) < 4.78 is 11.4. The van der Waals surface area contributed by atoms with Gasteiger partial charge in [-0.05, 0) is 37.6 Å². The van der Waals surface area contributed by atoms with E-state index in [1.807, 2.05) is 37.3 Å². The summed E-state index contributed by atoms with van der Waals surface area (Å²) in [6.07, 6.45) is 2.94. The van der Waals surface area contributed by atoms with Crippen molar-refractivity contribution >= 4 is 22.4 Å². The third-order valence-corrected chi connectivity index (χ3v) is 4.61. The smallest absolute Gasteiger partial charge is 0.255 e. The molecule has 0 spiro atoms. The van der Waals surface area contributed by atoms with Crippen LogP contribution in [0.15, 0.2) is 42.5 Å². The zero-order valence-electron chi connectivity index (χ0n) is 14.4. The topological polar surface area (TPSA) is 38.8 Å². The lowest BCUT2D eigenvalue weighted by Gasteiger charge is -2.26. The fourth-order valence-electron chi connectivity index (χ4n) is 3.15. The van der Waals surface area contributed by atoms with Crippen LogP contribution in [-0.2, 0) is 14.3 Å². The van der Waals surface area contributed by atoms with Crippen LogP contribution in [0, 0.1) is 0 Å². The summed E-state index contributed by atoms with van der Waals surface area (Å²) in [4.78, 5) is 14.4. The van der Waals surface area contributed by atoms with Gasteiger partial charge < -0.3 is 14.4 Å². The SMILES string of the molecule is CC(OCC1CCCCO1)C(=O)N(C)c1cccc2ccccc12. The van der Waals surface area contributed by atoms with Gasteiger partial charge in [-0.2, -0.15) is 0 Å². The second kappa shape index (κ2) is 7.77. The molecule has 1 saturated heterocycles. The van der Waals surface area contributed by atoms with Crippen molar-refractivity contribution in [2.24, 2.45) is 0 Å². The summed E-state index contributed by atoms with van der Waals surface area (Å²) in [5.41, 5.74) is 0.905. The molecule has 0 aromatic heterocycles. The number of carbonyl (C=O) groups excluding carboxylic acids is 1. The van der Waals surface area contributed by atoms with E-state index in [2.05, 4.69) is 12.1 Å². The van der Waals surface area contributed by atoms with Gasteiger partial charge >= 0.3 is 0 Å². The Balaban J connectivity index is 1.66. The Morgan fingerprint density at radius 2 is 2.04 bits per heavy atom. The maximum Gasteiger partial charge on any atom is 0.255 e. The molecule has 2 atom stereocenters. The molecule has 2 unspecified atom stereocenters. The van der Waals surface area contributed by atoms with E-state index in [1.54, 1.807) is 11.9 Å². The molecule has 0 radical (unpaired) electrons. The molecule has 1 aliphatic rings. The van der Waals surface area contributed by atoms with Crippen molar-refractivity contribution in [2.75, 3.05) is 25.2 Å². The third kappa shape index (κ3) is 3.77. The number of rotatable bonds is 5. The maximum atomic E-state index is 12.7. The van der Waals surface area contributed by atoms with E-state index in [9.17, 15) is 4.79 Å². The van der Waals surface area contributed by atoms with E-state index in [4.69, 9.17) is 9.47 Å². The first kappa shape index (κ1) is 16.9. The molecule has 0 N–H and O–H groups in total. The minimum Gasteiger partial charge on any atom is -0.376 e. The molecule has 1 heterocycles. The second-order valence-corrected chi connectivity index (χ2v) is 6.36. The minimum atomic E-state index is -0.487. The number of ether oxygens (including phenoxy) is 2. The van der Waals surface area contributed by atoms with Gasteiger partial charge in [0.2, 0.25) is 0 Å². The van der Waals surface area contributed by atoms with E-state index in [1.165, 1.54) is 6.42 Å². The zero-order chi connectivity index (χ0) is 16.9. The summed E-state index contributed by atoms with van der Waals surface area (Å²) in [6, 6.07) is 14.1. The monoisotopic (exact) mass is 327 g/mol. The van der Waals surface area contributed by atoms with Gasteiger partial charge in [0.05, 0.1) is 18.4 Å². The molecule has 24 heavy (non-hydrogen) atoms. The number of likely N-dealkylation sites (N-methyl/N-ethyl adjacent to an activating group) is 1. The van der Waals surface area contributed by atoms with E-state index in [-0.39, 0.29) is 12.0 Å². The normalized spacial score (nSPS) is 19.2. The number of nitrogens with zero attached hydrogens (tertiary/aromatic N) is 1. The highest BCUT2D eigenvalue weighted by Crippen LogP contribution is 2.26. The van der Waals surface area contributed by atoms with Gasteiger partial charge in [0.1, 0.15) is 6.10 Å². The molecule has 2 aromatic carbocycles. The Kier molecular flexibility index (Phi) is 5.48. The minimum absolute atomic E-state index is 0.0397. The van der Waals surface area contributed by atoms with Gasteiger partial charge in [-0.25, -0.2) is 0 Å². The number of fused-ring (bicyclic) bond motifs is 1. The number of anilines is 1. The molecule has 1 amide bonds.